The number of thiazole rings is 1. The first-order valence-electron chi connectivity index (χ1n) is 6.32. The predicted octanol–water partition coefficient (Wildman–Crippen LogP) is 0.00258. The van der Waals surface area contributed by atoms with Crippen molar-refractivity contribution in [3.63, 3.8) is 0 Å². The Morgan fingerprint density at radius 2 is 2.36 bits per heavy atom. The molecule has 3 N–H and O–H groups in total. The van der Waals surface area contributed by atoms with Gasteiger partial charge in [-0.25, -0.2) is 9.78 Å². The summed E-state index contributed by atoms with van der Waals surface area (Å²) in [5.74, 6) is -1.29. The van der Waals surface area contributed by atoms with Gasteiger partial charge < -0.3 is 25.3 Å². The summed E-state index contributed by atoms with van der Waals surface area (Å²) in [4.78, 5) is 21.2. The number of hydrogen-bond acceptors (Lipinski definition) is 9. The lowest BCUT2D eigenvalue weighted by Gasteiger charge is -2.21. The maximum absolute atomic E-state index is 10.7. The normalized spacial score (nSPS) is 15.4. The molecule has 0 aromatic carbocycles. The Morgan fingerprint density at radius 3 is 2.77 bits per heavy atom. The van der Waals surface area contributed by atoms with Crippen LogP contribution >= 0.6 is 11.3 Å². The number of aliphatic carboxylic acids is 1. The van der Waals surface area contributed by atoms with E-state index in [-0.39, 0.29) is 23.1 Å². The van der Waals surface area contributed by atoms with Crippen LogP contribution in [0, 0.1) is 11.3 Å². The summed E-state index contributed by atoms with van der Waals surface area (Å²) in [6, 6.07) is 1.65. The van der Waals surface area contributed by atoms with E-state index in [9.17, 15) is 4.79 Å². The van der Waals surface area contributed by atoms with E-state index in [4.69, 9.17) is 20.8 Å². The third-order valence-corrected chi connectivity index (χ3v) is 3.16. The molecular formula is C12H17N5O4S. The lowest BCUT2D eigenvalue weighted by Crippen LogP contribution is -2.32. The van der Waals surface area contributed by atoms with Crippen LogP contribution in [0.2, 0.25) is 0 Å². The van der Waals surface area contributed by atoms with Crippen LogP contribution in [0.1, 0.15) is 5.69 Å². The number of nitrogens with two attached hydrogens (primary N) is 1. The number of likely N-dealkylation sites (N-methyl/N-ethyl adjacent to an activating group) is 1. The minimum Gasteiger partial charge on any atom is -0.476 e. The van der Waals surface area contributed by atoms with Gasteiger partial charge in [-0.3, -0.25) is 0 Å². The molecule has 2 heterocycles. The van der Waals surface area contributed by atoms with Crippen molar-refractivity contribution in [2.45, 2.75) is 0 Å². The molecule has 10 heteroatoms. The molecule has 0 bridgehead atoms. The van der Waals surface area contributed by atoms with Gasteiger partial charge >= 0.3 is 5.97 Å². The van der Waals surface area contributed by atoms with Gasteiger partial charge in [-0.1, -0.05) is 5.16 Å². The Labute approximate surface area is 131 Å². The minimum atomic E-state index is -1.29. The van der Waals surface area contributed by atoms with Crippen LogP contribution in [0.25, 0.3) is 0 Å². The van der Waals surface area contributed by atoms with Crippen LogP contribution in [0.5, 0.6) is 0 Å². The highest BCUT2D eigenvalue weighted by Gasteiger charge is 2.16. The smallest absolute Gasteiger partial charge is 0.360 e. The van der Waals surface area contributed by atoms with Crippen molar-refractivity contribution in [1.82, 2.24) is 9.88 Å². The largest absolute Gasteiger partial charge is 0.476 e. The first kappa shape index (κ1) is 17.8. The number of nitrogens with zero attached hydrogens (tertiary/aromatic N) is 4. The van der Waals surface area contributed by atoms with E-state index in [1.807, 2.05) is 0 Å². The van der Waals surface area contributed by atoms with Crippen molar-refractivity contribution < 1.29 is 19.5 Å². The first-order valence-corrected chi connectivity index (χ1v) is 7.20. The van der Waals surface area contributed by atoms with Gasteiger partial charge in [0.25, 0.3) is 0 Å². The molecule has 1 aliphatic rings. The predicted molar refractivity (Wildman–Crippen MR) is 80.6 cm³/mol. The average molecular weight is 327 g/mol. The SMILES string of the molecule is CN1CCOCC1.N#CCON=C(C(=O)O)c1csc(N)n1. The summed E-state index contributed by atoms with van der Waals surface area (Å²) in [6.07, 6.45) is 0. The maximum atomic E-state index is 10.7. The molecule has 1 fully saturated rings. The molecule has 120 valence electrons. The number of carbonyl (C=O) groups is 1. The molecule has 22 heavy (non-hydrogen) atoms. The monoisotopic (exact) mass is 327 g/mol. The van der Waals surface area contributed by atoms with Crippen LogP contribution in [-0.2, 0) is 14.4 Å². The van der Waals surface area contributed by atoms with Crippen LogP contribution in [-0.4, -0.2) is 66.6 Å². The van der Waals surface area contributed by atoms with Gasteiger partial charge in [-0.05, 0) is 7.05 Å². The zero-order chi connectivity index (χ0) is 16.4. The van der Waals surface area contributed by atoms with Gasteiger partial charge in [0.05, 0.1) is 13.2 Å². The molecule has 1 saturated heterocycles. The van der Waals surface area contributed by atoms with Crippen LogP contribution < -0.4 is 5.73 Å². The molecule has 0 saturated carbocycles. The third kappa shape index (κ3) is 6.49. The number of anilines is 1. The average Bonchev–Trinajstić information content (AvgIpc) is 2.91. The highest BCUT2D eigenvalue weighted by molar-refractivity contribution is 7.13. The lowest BCUT2D eigenvalue weighted by atomic mass is 10.3. The summed E-state index contributed by atoms with van der Waals surface area (Å²) >= 11 is 1.09. The Hall–Kier alpha value is -2.22. The van der Waals surface area contributed by atoms with E-state index >= 15 is 0 Å². The second-order valence-corrected chi connectivity index (χ2v) is 5.05. The molecule has 0 aliphatic carbocycles. The molecule has 0 atom stereocenters. The van der Waals surface area contributed by atoms with E-state index in [0.29, 0.717) is 0 Å². The van der Waals surface area contributed by atoms with Crippen molar-refractivity contribution in [2.75, 3.05) is 45.7 Å². The number of morpholine rings is 1. The molecule has 0 amide bonds. The van der Waals surface area contributed by atoms with E-state index < -0.39 is 5.97 Å². The number of carboxylic acid groups (broad SMARTS) is 1. The Morgan fingerprint density at radius 1 is 1.68 bits per heavy atom. The molecule has 2 rings (SSSR count). The van der Waals surface area contributed by atoms with E-state index in [1.165, 1.54) is 5.38 Å². The molecule has 0 unspecified atom stereocenters. The highest BCUT2D eigenvalue weighted by Crippen LogP contribution is 2.12. The molecule has 0 spiro atoms. The fourth-order valence-electron chi connectivity index (χ4n) is 1.37. The van der Waals surface area contributed by atoms with Crippen LogP contribution in [0.4, 0.5) is 5.13 Å². The zero-order valence-corrected chi connectivity index (χ0v) is 12.9. The van der Waals surface area contributed by atoms with Crippen molar-refractivity contribution in [3.05, 3.63) is 11.1 Å². The summed E-state index contributed by atoms with van der Waals surface area (Å²) in [6.45, 7) is 3.70. The summed E-state index contributed by atoms with van der Waals surface area (Å²) in [5.41, 5.74) is 5.07. The lowest BCUT2D eigenvalue weighted by molar-refractivity contribution is -0.129. The molecule has 1 aliphatic heterocycles. The van der Waals surface area contributed by atoms with Gasteiger partial charge in [-0.2, -0.15) is 5.26 Å². The van der Waals surface area contributed by atoms with Gasteiger partial charge in [0.2, 0.25) is 12.3 Å². The Kier molecular flexibility index (Phi) is 7.84. The number of nitriles is 1. The summed E-state index contributed by atoms with van der Waals surface area (Å²) in [5, 5.41) is 21.9. The van der Waals surface area contributed by atoms with Crippen molar-refractivity contribution >= 4 is 28.1 Å². The Balaban J connectivity index is 0.000000287. The van der Waals surface area contributed by atoms with Gasteiger partial charge in [0.1, 0.15) is 11.8 Å². The van der Waals surface area contributed by atoms with Crippen LogP contribution in [0.15, 0.2) is 10.5 Å². The van der Waals surface area contributed by atoms with E-state index in [1.54, 1.807) is 6.07 Å². The fourth-order valence-corrected chi connectivity index (χ4v) is 1.92. The third-order valence-electron chi connectivity index (χ3n) is 2.49. The second kappa shape index (κ2) is 9.67. The number of carboxylic acids is 1. The standard InChI is InChI=1S/C7H6N4O3S.C5H11NO/c8-1-2-14-11-5(6(12)13)4-3-15-7(9)10-4;1-6-2-4-7-5-3-6/h3H,2H2,(H2,9,10)(H,12,13);2-5H2,1H3. The number of rotatable bonds is 4. The number of oxime groups is 1. The molecule has 9 nitrogen and oxygen atoms in total. The topological polar surface area (TPSA) is 134 Å². The fraction of sp³-hybridized carbons (Fsp3) is 0.500. The number of ether oxygens (including phenoxy) is 1. The quantitative estimate of drug-likeness (QED) is 0.448. The minimum absolute atomic E-state index is 0.114. The molecular weight excluding hydrogens is 310 g/mol. The van der Waals surface area contributed by atoms with Gasteiger partial charge in [0.15, 0.2) is 5.13 Å². The van der Waals surface area contributed by atoms with Gasteiger partial charge in [-0.15, -0.1) is 11.3 Å². The summed E-state index contributed by atoms with van der Waals surface area (Å²) < 4.78 is 5.10. The number of hydrogen-bond donors (Lipinski definition) is 2. The highest BCUT2D eigenvalue weighted by atomic mass is 32.1. The van der Waals surface area contributed by atoms with E-state index in [0.717, 1.165) is 37.6 Å². The van der Waals surface area contributed by atoms with Crippen LogP contribution in [0.3, 0.4) is 0 Å². The first-order chi connectivity index (χ1) is 10.5. The summed E-state index contributed by atoms with van der Waals surface area (Å²) in [7, 11) is 2.11. The molecule has 0 radical (unpaired) electrons. The Bertz CT molecular complexity index is 548. The zero-order valence-electron chi connectivity index (χ0n) is 12.1. The maximum Gasteiger partial charge on any atom is 0.360 e. The van der Waals surface area contributed by atoms with Crippen molar-refractivity contribution in [2.24, 2.45) is 5.16 Å². The second-order valence-electron chi connectivity index (χ2n) is 4.16. The van der Waals surface area contributed by atoms with Gasteiger partial charge in [0, 0.05) is 18.5 Å². The number of nitrogen functional groups attached to an aromatic ring is 1. The van der Waals surface area contributed by atoms with E-state index in [2.05, 4.69) is 26.9 Å². The van der Waals surface area contributed by atoms with Crippen molar-refractivity contribution in [3.8, 4) is 6.07 Å². The number of aromatic nitrogens is 1. The molecule has 1 aromatic rings. The molecule has 1 aromatic heterocycles. The van der Waals surface area contributed by atoms with Crippen molar-refractivity contribution in [1.29, 1.82) is 5.26 Å².